The van der Waals surface area contributed by atoms with Crippen molar-refractivity contribution in [3.63, 3.8) is 0 Å². The van der Waals surface area contributed by atoms with Gasteiger partial charge in [0.15, 0.2) is 5.82 Å². The fraction of sp³-hybridized carbons (Fsp3) is 0.294. The zero-order chi connectivity index (χ0) is 16.6. The van der Waals surface area contributed by atoms with Crippen molar-refractivity contribution < 1.29 is 9.32 Å². The second-order valence-corrected chi connectivity index (χ2v) is 6.30. The second-order valence-electron chi connectivity index (χ2n) is 5.26. The Kier molecular flexibility index (Phi) is 5.68. The summed E-state index contributed by atoms with van der Waals surface area (Å²) in [5.74, 6) is 1.02. The van der Waals surface area contributed by atoms with Crippen LogP contribution in [0.2, 0.25) is 0 Å². The second kappa shape index (κ2) is 8.35. The summed E-state index contributed by atoms with van der Waals surface area (Å²) in [6.45, 7) is 0.499. The number of hydrogen-bond donors (Lipinski definition) is 1. The molecule has 24 heavy (non-hydrogen) atoms. The molecular weight excluding hydrogens is 324 g/mol. The van der Waals surface area contributed by atoms with Crippen LogP contribution in [0.4, 0.5) is 0 Å². The van der Waals surface area contributed by atoms with Gasteiger partial charge in [0.1, 0.15) is 5.69 Å². The molecule has 0 spiro atoms. The number of carbonyl (C=O) groups excluding carboxylic acids is 1. The lowest BCUT2D eigenvalue weighted by molar-refractivity contribution is -0.121. The minimum atomic E-state index is 0.0556. The van der Waals surface area contributed by atoms with E-state index in [9.17, 15) is 4.79 Å². The standard InChI is InChI=1S/C17H18N4O2S/c22-16(8-3-5-13-6-4-12-24-13)19-11-9-15-20-17(23-21-15)14-7-1-2-10-18-14/h1-2,4,6-7,10,12H,3,5,8-9,11H2,(H,19,22). The minimum Gasteiger partial charge on any atom is -0.356 e. The smallest absolute Gasteiger partial charge is 0.276 e. The van der Waals surface area contributed by atoms with Crippen LogP contribution in [0.1, 0.15) is 23.5 Å². The minimum absolute atomic E-state index is 0.0556. The normalized spacial score (nSPS) is 10.7. The van der Waals surface area contributed by atoms with E-state index in [1.54, 1.807) is 17.5 Å². The summed E-state index contributed by atoms with van der Waals surface area (Å²) in [6.07, 6.45) is 4.55. The van der Waals surface area contributed by atoms with Crippen molar-refractivity contribution in [3.8, 4) is 11.6 Å². The topological polar surface area (TPSA) is 80.9 Å². The van der Waals surface area contributed by atoms with E-state index in [4.69, 9.17) is 4.52 Å². The molecule has 3 rings (SSSR count). The third kappa shape index (κ3) is 4.73. The molecule has 3 heterocycles. The molecule has 3 aromatic heterocycles. The molecule has 3 aromatic rings. The summed E-state index contributed by atoms with van der Waals surface area (Å²) in [7, 11) is 0. The first kappa shape index (κ1) is 16.3. The van der Waals surface area contributed by atoms with E-state index in [1.807, 2.05) is 24.3 Å². The van der Waals surface area contributed by atoms with Crippen LogP contribution in [-0.4, -0.2) is 27.6 Å². The Bertz CT molecular complexity index is 756. The molecule has 124 valence electrons. The molecule has 0 unspecified atom stereocenters. The van der Waals surface area contributed by atoms with Crippen LogP contribution >= 0.6 is 11.3 Å². The molecule has 0 aliphatic rings. The number of hydrogen-bond acceptors (Lipinski definition) is 6. The maximum atomic E-state index is 11.8. The van der Waals surface area contributed by atoms with Crippen molar-refractivity contribution in [2.24, 2.45) is 0 Å². The summed E-state index contributed by atoms with van der Waals surface area (Å²) >= 11 is 1.73. The molecule has 0 saturated heterocycles. The zero-order valence-corrected chi connectivity index (χ0v) is 14.0. The van der Waals surface area contributed by atoms with Crippen LogP contribution in [0.15, 0.2) is 46.4 Å². The number of aromatic nitrogens is 3. The number of carbonyl (C=O) groups is 1. The Balaban J connectivity index is 1.37. The van der Waals surface area contributed by atoms with Gasteiger partial charge in [-0.05, 0) is 36.4 Å². The average molecular weight is 342 g/mol. The highest BCUT2D eigenvalue weighted by molar-refractivity contribution is 7.09. The van der Waals surface area contributed by atoms with Gasteiger partial charge in [-0.1, -0.05) is 17.3 Å². The molecule has 0 bridgehead atoms. The molecule has 1 N–H and O–H groups in total. The van der Waals surface area contributed by atoms with Gasteiger partial charge in [-0.3, -0.25) is 9.78 Å². The Labute approximate surface area is 143 Å². The highest BCUT2D eigenvalue weighted by Crippen LogP contribution is 2.13. The molecule has 0 atom stereocenters. The third-order valence-corrected chi connectivity index (χ3v) is 4.37. The van der Waals surface area contributed by atoms with Crippen LogP contribution in [0.25, 0.3) is 11.6 Å². The lowest BCUT2D eigenvalue weighted by Crippen LogP contribution is -2.25. The number of thiophene rings is 1. The predicted molar refractivity (Wildman–Crippen MR) is 91.5 cm³/mol. The summed E-state index contributed by atoms with van der Waals surface area (Å²) < 4.78 is 5.18. The summed E-state index contributed by atoms with van der Waals surface area (Å²) in [4.78, 5) is 21.6. The lowest BCUT2D eigenvalue weighted by Gasteiger charge is -2.02. The molecule has 0 aromatic carbocycles. The Morgan fingerprint density at radius 1 is 1.21 bits per heavy atom. The van der Waals surface area contributed by atoms with Crippen molar-refractivity contribution in [3.05, 3.63) is 52.6 Å². The Morgan fingerprint density at radius 2 is 2.17 bits per heavy atom. The van der Waals surface area contributed by atoms with E-state index in [2.05, 4.69) is 31.9 Å². The van der Waals surface area contributed by atoms with Gasteiger partial charge in [0.05, 0.1) is 0 Å². The average Bonchev–Trinajstić information content (AvgIpc) is 3.28. The van der Waals surface area contributed by atoms with Crippen LogP contribution in [-0.2, 0) is 17.6 Å². The van der Waals surface area contributed by atoms with Crippen molar-refractivity contribution >= 4 is 17.2 Å². The Morgan fingerprint density at radius 3 is 2.96 bits per heavy atom. The highest BCUT2D eigenvalue weighted by Gasteiger charge is 2.09. The van der Waals surface area contributed by atoms with Crippen LogP contribution < -0.4 is 5.32 Å². The number of nitrogens with zero attached hydrogens (tertiary/aromatic N) is 3. The molecular formula is C17H18N4O2S. The maximum Gasteiger partial charge on any atom is 0.276 e. The van der Waals surface area contributed by atoms with Gasteiger partial charge in [-0.2, -0.15) is 4.98 Å². The quantitative estimate of drug-likeness (QED) is 0.681. The van der Waals surface area contributed by atoms with Crippen molar-refractivity contribution in [2.75, 3.05) is 6.54 Å². The van der Waals surface area contributed by atoms with Crippen LogP contribution in [0.3, 0.4) is 0 Å². The summed E-state index contributed by atoms with van der Waals surface area (Å²) in [5, 5.41) is 8.85. The molecule has 0 radical (unpaired) electrons. The van der Waals surface area contributed by atoms with Gasteiger partial charge in [-0.25, -0.2) is 0 Å². The van der Waals surface area contributed by atoms with E-state index in [-0.39, 0.29) is 5.91 Å². The van der Waals surface area contributed by atoms with Crippen molar-refractivity contribution in [1.29, 1.82) is 0 Å². The van der Waals surface area contributed by atoms with Gasteiger partial charge in [0, 0.05) is 30.5 Å². The van der Waals surface area contributed by atoms with Gasteiger partial charge in [0.2, 0.25) is 5.91 Å². The van der Waals surface area contributed by atoms with E-state index in [0.29, 0.717) is 36.8 Å². The maximum absolute atomic E-state index is 11.8. The van der Waals surface area contributed by atoms with E-state index < -0.39 is 0 Å². The number of pyridine rings is 1. The zero-order valence-electron chi connectivity index (χ0n) is 13.1. The predicted octanol–water partition coefficient (Wildman–Crippen LogP) is 2.87. The number of nitrogens with one attached hydrogen (secondary N) is 1. The van der Waals surface area contributed by atoms with Crippen molar-refractivity contribution in [2.45, 2.75) is 25.7 Å². The van der Waals surface area contributed by atoms with E-state index in [0.717, 1.165) is 12.8 Å². The molecule has 1 amide bonds. The van der Waals surface area contributed by atoms with Crippen LogP contribution in [0, 0.1) is 0 Å². The molecule has 0 fully saturated rings. The Hall–Kier alpha value is -2.54. The number of rotatable bonds is 8. The highest BCUT2D eigenvalue weighted by atomic mass is 32.1. The van der Waals surface area contributed by atoms with Crippen molar-refractivity contribution in [1.82, 2.24) is 20.4 Å². The van der Waals surface area contributed by atoms with Gasteiger partial charge in [0.25, 0.3) is 5.89 Å². The van der Waals surface area contributed by atoms with Gasteiger partial charge < -0.3 is 9.84 Å². The van der Waals surface area contributed by atoms with Gasteiger partial charge >= 0.3 is 0 Å². The molecule has 0 saturated carbocycles. The first-order valence-corrected chi connectivity index (χ1v) is 8.72. The van der Waals surface area contributed by atoms with E-state index in [1.165, 1.54) is 4.88 Å². The first-order chi connectivity index (χ1) is 11.8. The summed E-state index contributed by atoms with van der Waals surface area (Å²) in [6, 6.07) is 9.63. The molecule has 0 aliphatic carbocycles. The largest absolute Gasteiger partial charge is 0.356 e. The van der Waals surface area contributed by atoms with Gasteiger partial charge in [-0.15, -0.1) is 11.3 Å². The lowest BCUT2D eigenvalue weighted by atomic mass is 10.2. The SMILES string of the molecule is O=C(CCCc1cccs1)NCCc1noc(-c2ccccn2)n1. The fourth-order valence-corrected chi connectivity index (χ4v) is 2.98. The van der Waals surface area contributed by atoms with Crippen LogP contribution in [0.5, 0.6) is 0 Å². The summed E-state index contributed by atoms with van der Waals surface area (Å²) in [5.41, 5.74) is 0.647. The first-order valence-electron chi connectivity index (χ1n) is 7.84. The number of amides is 1. The third-order valence-electron chi connectivity index (χ3n) is 3.43. The number of aryl methyl sites for hydroxylation is 1. The van der Waals surface area contributed by atoms with E-state index >= 15 is 0 Å². The molecule has 0 aliphatic heterocycles. The molecule has 7 heteroatoms. The molecule has 6 nitrogen and oxygen atoms in total. The fourth-order valence-electron chi connectivity index (χ4n) is 2.23. The monoisotopic (exact) mass is 342 g/mol.